The number of aryl methyl sites for hydroxylation is 1. The van der Waals surface area contributed by atoms with E-state index in [1.807, 2.05) is 25.1 Å². The van der Waals surface area contributed by atoms with Gasteiger partial charge in [-0.2, -0.15) is 0 Å². The van der Waals surface area contributed by atoms with Crippen LogP contribution in [0.1, 0.15) is 11.1 Å². The van der Waals surface area contributed by atoms with Gasteiger partial charge in [-0.05, 0) is 13.0 Å². The van der Waals surface area contributed by atoms with Gasteiger partial charge in [0.2, 0.25) is 0 Å². The Morgan fingerprint density at radius 2 is 2.06 bits per heavy atom. The Labute approximate surface area is 110 Å². The Kier molecular flexibility index (Phi) is 3.87. The Hall–Kier alpha value is -1.25. The number of benzene rings is 1. The van der Waals surface area contributed by atoms with Crippen molar-refractivity contribution < 1.29 is 4.74 Å². The first-order valence-corrected chi connectivity index (χ1v) is 6.04. The van der Waals surface area contributed by atoms with Crippen molar-refractivity contribution in [2.75, 3.05) is 0 Å². The number of hydrogen-bond acceptors (Lipinski definition) is 2. The summed E-state index contributed by atoms with van der Waals surface area (Å²) in [6.07, 6.45) is 3.18. The number of ether oxygens (including phenoxy) is 1. The summed E-state index contributed by atoms with van der Waals surface area (Å²) >= 11 is 11.7. The topological polar surface area (TPSA) is 22.1 Å². The highest BCUT2D eigenvalue weighted by Crippen LogP contribution is 2.28. The van der Waals surface area contributed by atoms with E-state index in [0.717, 1.165) is 16.9 Å². The van der Waals surface area contributed by atoms with Crippen molar-refractivity contribution in [1.82, 2.24) is 4.98 Å². The second kappa shape index (κ2) is 5.39. The molecule has 1 aromatic carbocycles. The Balaban J connectivity index is 2.29. The molecule has 4 heteroatoms. The lowest BCUT2D eigenvalue weighted by atomic mass is 10.1. The normalized spacial score (nSPS) is 10.3. The van der Waals surface area contributed by atoms with E-state index in [9.17, 15) is 0 Å². The maximum Gasteiger partial charge on any atom is 0.147 e. The summed E-state index contributed by atoms with van der Waals surface area (Å²) in [7, 11) is 0. The fourth-order valence-corrected chi connectivity index (χ4v) is 1.86. The van der Waals surface area contributed by atoms with E-state index in [1.54, 1.807) is 18.5 Å². The first-order chi connectivity index (χ1) is 8.19. The minimum absolute atomic E-state index is 0.408. The largest absolute Gasteiger partial charge is 0.455 e. The summed E-state index contributed by atoms with van der Waals surface area (Å²) in [5.74, 6) is 1.74. The predicted molar refractivity (Wildman–Crippen MR) is 70.1 cm³/mol. The third-order valence-electron chi connectivity index (χ3n) is 2.27. The molecule has 0 aliphatic heterocycles. The first kappa shape index (κ1) is 12.2. The summed E-state index contributed by atoms with van der Waals surface area (Å²) < 4.78 is 5.70. The molecule has 0 saturated carbocycles. The van der Waals surface area contributed by atoms with Gasteiger partial charge in [0.1, 0.15) is 11.5 Å². The number of alkyl halides is 1. The average molecular weight is 268 g/mol. The van der Waals surface area contributed by atoms with Crippen LogP contribution in [-0.2, 0) is 5.88 Å². The number of pyridine rings is 1. The van der Waals surface area contributed by atoms with Gasteiger partial charge in [0.25, 0.3) is 0 Å². The molecule has 0 atom stereocenters. The Morgan fingerprint density at radius 3 is 2.76 bits per heavy atom. The number of aromatic nitrogens is 1. The standard InChI is InChI=1S/C13H11Cl2NO/c1-9-2-3-13(10(4-9)6-14)17-12-5-11(15)7-16-8-12/h2-5,7-8H,6H2,1H3. The second-order valence-electron chi connectivity index (χ2n) is 3.69. The lowest BCUT2D eigenvalue weighted by Crippen LogP contribution is -1.91. The molecule has 0 N–H and O–H groups in total. The predicted octanol–water partition coefficient (Wildman–Crippen LogP) is 4.57. The minimum atomic E-state index is 0.408. The van der Waals surface area contributed by atoms with E-state index in [-0.39, 0.29) is 0 Å². The van der Waals surface area contributed by atoms with Crippen LogP contribution < -0.4 is 4.74 Å². The molecule has 2 nitrogen and oxygen atoms in total. The molecule has 88 valence electrons. The number of rotatable bonds is 3. The zero-order valence-corrected chi connectivity index (χ0v) is 10.8. The minimum Gasteiger partial charge on any atom is -0.455 e. The molecule has 17 heavy (non-hydrogen) atoms. The smallest absolute Gasteiger partial charge is 0.147 e. The molecule has 0 aliphatic rings. The lowest BCUT2D eigenvalue weighted by Gasteiger charge is -2.10. The average Bonchev–Trinajstić information content (AvgIpc) is 2.31. The summed E-state index contributed by atoms with van der Waals surface area (Å²) in [6, 6.07) is 7.59. The van der Waals surface area contributed by atoms with Crippen molar-refractivity contribution in [3.8, 4) is 11.5 Å². The van der Waals surface area contributed by atoms with Crippen LogP contribution in [0, 0.1) is 6.92 Å². The van der Waals surface area contributed by atoms with E-state index in [1.165, 1.54) is 0 Å². The molecule has 1 heterocycles. The third-order valence-corrected chi connectivity index (χ3v) is 2.76. The monoisotopic (exact) mass is 267 g/mol. The van der Waals surface area contributed by atoms with Gasteiger partial charge in [-0.1, -0.05) is 29.3 Å². The SMILES string of the molecule is Cc1ccc(Oc2cncc(Cl)c2)c(CCl)c1. The van der Waals surface area contributed by atoms with E-state index < -0.39 is 0 Å². The molecule has 0 radical (unpaired) electrons. The molecule has 2 aromatic rings. The summed E-state index contributed by atoms with van der Waals surface area (Å²) in [4.78, 5) is 3.96. The maximum absolute atomic E-state index is 5.88. The number of nitrogens with zero attached hydrogens (tertiary/aromatic N) is 1. The van der Waals surface area contributed by atoms with E-state index in [0.29, 0.717) is 16.7 Å². The van der Waals surface area contributed by atoms with Crippen LogP contribution in [0.3, 0.4) is 0 Å². The van der Waals surface area contributed by atoms with Crippen molar-refractivity contribution in [1.29, 1.82) is 0 Å². The van der Waals surface area contributed by atoms with Gasteiger partial charge in [0.15, 0.2) is 0 Å². The molecule has 0 bridgehead atoms. The molecule has 0 aliphatic carbocycles. The fourth-order valence-electron chi connectivity index (χ4n) is 1.49. The van der Waals surface area contributed by atoms with Gasteiger partial charge in [-0.25, -0.2) is 0 Å². The van der Waals surface area contributed by atoms with Gasteiger partial charge in [-0.15, -0.1) is 11.6 Å². The molecular formula is C13H11Cl2NO. The van der Waals surface area contributed by atoms with E-state index in [4.69, 9.17) is 27.9 Å². The summed E-state index contributed by atoms with van der Waals surface area (Å²) in [5, 5.41) is 0.544. The van der Waals surface area contributed by atoms with Crippen LogP contribution in [0.4, 0.5) is 0 Å². The highest BCUT2D eigenvalue weighted by Gasteiger charge is 2.05. The van der Waals surface area contributed by atoms with Gasteiger partial charge in [-0.3, -0.25) is 4.98 Å². The number of halogens is 2. The first-order valence-electron chi connectivity index (χ1n) is 5.13. The molecular weight excluding hydrogens is 257 g/mol. The van der Waals surface area contributed by atoms with Crippen LogP contribution in [0.5, 0.6) is 11.5 Å². The van der Waals surface area contributed by atoms with Gasteiger partial charge in [0.05, 0.1) is 17.1 Å². The molecule has 0 fully saturated rings. The fraction of sp³-hybridized carbons (Fsp3) is 0.154. The Morgan fingerprint density at radius 1 is 1.24 bits per heavy atom. The van der Waals surface area contributed by atoms with Crippen LogP contribution in [-0.4, -0.2) is 4.98 Å². The van der Waals surface area contributed by atoms with Crippen molar-refractivity contribution >= 4 is 23.2 Å². The lowest BCUT2D eigenvalue weighted by molar-refractivity contribution is 0.476. The molecule has 1 aromatic heterocycles. The van der Waals surface area contributed by atoms with Crippen LogP contribution in [0.15, 0.2) is 36.7 Å². The molecule has 2 rings (SSSR count). The van der Waals surface area contributed by atoms with E-state index >= 15 is 0 Å². The van der Waals surface area contributed by atoms with Crippen LogP contribution in [0.25, 0.3) is 0 Å². The van der Waals surface area contributed by atoms with Crippen molar-refractivity contribution in [2.24, 2.45) is 0 Å². The van der Waals surface area contributed by atoms with Crippen molar-refractivity contribution in [3.63, 3.8) is 0 Å². The summed E-state index contributed by atoms with van der Waals surface area (Å²) in [6.45, 7) is 2.01. The third kappa shape index (κ3) is 3.11. The number of hydrogen-bond donors (Lipinski definition) is 0. The van der Waals surface area contributed by atoms with Crippen LogP contribution in [0.2, 0.25) is 5.02 Å². The quantitative estimate of drug-likeness (QED) is 0.760. The molecule has 0 unspecified atom stereocenters. The zero-order chi connectivity index (χ0) is 12.3. The second-order valence-corrected chi connectivity index (χ2v) is 4.39. The molecule has 0 saturated heterocycles. The van der Waals surface area contributed by atoms with Crippen LogP contribution >= 0.6 is 23.2 Å². The van der Waals surface area contributed by atoms with Crippen molar-refractivity contribution in [2.45, 2.75) is 12.8 Å². The highest BCUT2D eigenvalue weighted by atomic mass is 35.5. The van der Waals surface area contributed by atoms with Gasteiger partial charge in [0, 0.05) is 17.8 Å². The highest BCUT2D eigenvalue weighted by molar-refractivity contribution is 6.30. The zero-order valence-electron chi connectivity index (χ0n) is 9.28. The molecule has 0 amide bonds. The van der Waals surface area contributed by atoms with Gasteiger partial charge >= 0.3 is 0 Å². The summed E-state index contributed by atoms with van der Waals surface area (Å²) in [5.41, 5.74) is 2.10. The Bertz CT molecular complexity index is 529. The van der Waals surface area contributed by atoms with Gasteiger partial charge < -0.3 is 4.74 Å². The van der Waals surface area contributed by atoms with Crippen molar-refractivity contribution in [3.05, 3.63) is 52.8 Å². The maximum atomic E-state index is 5.88. The molecule has 0 spiro atoms. The van der Waals surface area contributed by atoms with E-state index in [2.05, 4.69) is 4.98 Å².